The van der Waals surface area contributed by atoms with Gasteiger partial charge < -0.3 is 9.32 Å². The maximum absolute atomic E-state index is 12.8. The van der Waals surface area contributed by atoms with Gasteiger partial charge in [-0.1, -0.05) is 18.6 Å². The number of aromatic nitrogens is 4. The van der Waals surface area contributed by atoms with Gasteiger partial charge in [-0.25, -0.2) is 14.5 Å². The maximum Gasteiger partial charge on any atom is 0.346 e. The van der Waals surface area contributed by atoms with Gasteiger partial charge in [0.15, 0.2) is 11.5 Å². The molecule has 5 rings (SSSR count). The van der Waals surface area contributed by atoms with E-state index in [1.807, 2.05) is 29.2 Å². The predicted molar refractivity (Wildman–Crippen MR) is 107 cm³/mol. The first-order chi connectivity index (χ1) is 14.2. The second kappa shape index (κ2) is 7.50. The molecule has 29 heavy (non-hydrogen) atoms. The third-order valence-corrected chi connectivity index (χ3v) is 6.07. The van der Waals surface area contributed by atoms with Gasteiger partial charge in [-0.2, -0.15) is 5.10 Å². The zero-order valence-electron chi connectivity index (χ0n) is 16.4. The first kappa shape index (κ1) is 18.1. The van der Waals surface area contributed by atoms with Gasteiger partial charge in [0, 0.05) is 32.0 Å². The molecule has 0 N–H and O–H groups in total. The van der Waals surface area contributed by atoms with Crippen molar-refractivity contribution in [2.45, 2.75) is 57.5 Å². The van der Waals surface area contributed by atoms with Crippen molar-refractivity contribution in [3.05, 3.63) is 46.5 Å². The number of rotatable bonds is 3. The zero-order chi connectivity index (χ0) is 19.8. The summed E-state index contributed by atoms with van der Waals surface area (Å²) in [5, 5.41) is 4.43. The van der Waals surface area contributed by atoms with Crippen molar-refractivity contribution in [1.82, 2.24) is 24.2 Å². The van der Waals surface area contributed by atoms with Crippen LogP contribution in [0.25, 0.3) is 11.1 Å². The van der Waals surface area contributed by atoms with Gasteiger partial charge >= 0.3 is 5.69 Å². The number of aryl methyl sites for hydroxylation is 1. The zero-order valence-corrected chi connectivity index (χ0v) is 16.4. The second-order valence-corrected chi connectivity index (χ2v) is 7.99. The fourth-order valence-corrected chi connectivity index (χ4v) is 4.40. The minimum atomic E-state index is -0.156. The number of carbonyl (C=O) groups excluding carboxylic acids is 1. The van der Waals surface area contributed by atoms with E-state index in [9.17, 15) is 9.59 Å². The Bertz CT molecular complexity index is 1050. The Balaban J connectivity index is 1.23. The number of amides is 1. The molecule has 1 aromatic carbocycles. The first-order valence-corrected chi connectivity index (χ1v) is 10.5. The summed E-state index contributed by atoms with van der Waals surface area (Å²) >= 11 is 0. The summed E-state index contributed by atoms with van der Waals surface area (Å²) in [6.07, 6.45) is 5.60. The van der Waals surface area contributed by atoms with Crippen molar-refractivity contribution in [1.29, 1.82) is 0 Å². The SMILES string of the molecule is O=C(Cn1nc2n(c1=O)CCCCC2)N1CCC(c2nc3ccccc3o2)CC1. The number of hydrogen-bond donors (Lipinski definition) is 0. The highest BCUT2D eigenvalue weighted by Crippen LogP contribution is 2.30. The van der Waals surface area contributed by atoms with E-state index in [1.54, 1.807) is 4.57 Å². The van der Waals surface area contributed by atoms with E-state index in [0.29, 0.717) is 19.6 Å². The van der Waals surface area contributed by atoms with Crippen LogP contribution in [-0.2, 0) is 24.3 Å². The Morgan fingerprint density at radius 3 is 2.76 bits per heavy atom. The molecule has 1 amide bonds. The van der Waals surface area contributed by atoms with Crippen LogP contribution in [0.5, 0.6) is 0 Å². The summed E-state index contributed by atoms with van der Waals surface area (Å²) in [5.41, 5.74) is 1.52. The molecule has 2 aliphatic heterocycles. The van der Waals surface area contributed by atoms with E-state index in [1.165, 1.54) is 4.68 Å². The van der Waals surface area contributed by atoms with Crippen LogP contribution in [-0.4, -0.2) is 43.2 Å². The van der Waals surface area contributed by atoms with Crippen molar-refractivity contribution < 1.29 is 9.21 Å². The Kier molecular flexibility index (Phi) is 4.69. The molecule has 0 saturated carbocycles. The molecular weight excluding hydrogens is 370 g/mol. The molecule has 0 bridgehead atoms. The van der Waals surface area contributed by atoms with Crippen LogP contribution in [0.1, 0.15) is 49.7 Å². The highest BCUT2D eigenvalue weighted by atomic mass is 16.3. The van der Waals surface area contributed by atoms with Gasteiger partial charge in [0.1, 0.15) is 17.9 Å². The average molecular weight is 395 g/mol. The summed E-state index contributed by atoms with van der Waals surface area (Å²) in [6, 6.07) is 7.77. The van der Waals surface area contributed by atoms with Gasteiger partial charge in [0.25, 0.3) is 0 Å². The van der Waals surface area contributed by atoms with Crippen molar-refractivity contribution in [2.75, 3.05) is 13.1 Å². The van der Waals surface area contributed by atoms with Gasteiger partial charge in [0.05, 0.1) is 0 Å². The quantitative estimate of drug-likeness (QED) is 0.679. The minimum Gasteiger partial charge on any atom is -0.440 e. The third kappa shape index (κ3) is 3.47. The normalized spacial score (nSPS) is 18.0. The molecule has 3 aromatic rings. The molecule has 0 atom stereocenters. The molecule has 2 aromatic heterocycles. The molecule has 0 spiro atoms. The van der Waals surface area contributed by atoms with Crippen molar-refractivity contribution >= 4 is 17.0 Å². The van der Waals surface area contributed by atoms with Gasteiger partial charge in [-0.15, -0.1) is 0 Å². The molecule has 0 aliphatic carbocycles. The number of hydrogen-bond acceptors (Lipinski definition) is 5. The number of benzene rings is 1. The monoisotopic (exact) mass is 395 g/mol. The average Bonchev–Trinajstić information content (AvgIpc) is 3.21. The fraction of sp³-hybridized carbons (Fsp3) is 0.524. The smallest absolute Gasteiger partial charge is 0.346 e. The largest absolute Gasteiger partial charge is 0.440 e. The van der Waals surface area contributed by atoms with Gasteiger partial charge in [-0.3, -0.25) is 9.36 Å². The number of nitrogens with zero attached hydrogens (tertiary/aromatic N) is 5. The van der Waals surface area contributed by atoms with Crippen LogP contribution in [0.3, 0.4) is 0 Å². The highest BCUT2D eigenvalue weighted by Gasteiger charge is 2.28. The molecule has 4 heterocycles. The summed E-state index contributed by atoms with van der Waals surface area (Å²) in [5.74, 6) is 1.75. The fourth-order valence-electron chi connectivity index (χ4n) is 4.40. The number of oxazole rings is 1. The molecule has 152 valence electrons. The summed E-state index contributed by atoms with van der Waals surface area (Å²) in [7, 11) is 0. The molecule has 2 aliphatic rings. The first-order valence-electron chi connectivity index (χ1n) is 10.5. The maximum atomic E-state index is 12.8. The third-order valence-electron chi connectivity index (χ3n) is 6.07. The van der Waals surface area contributed by atoms with Crippen molar-refractivity contribution in [3.8, 4) is 0 Å². The van der Waals surface area contributed by atoms with E-state index in [0.717, 1.165) is 61.3 Å². The highest BCUT2D eigenvalue weighted by molar-refractivity contribution is 5.76. The number of likely N-dealkylation sites (tertiary alicyclic amines) is 1. The van der Waals surface area contributed by atoms with E-state index >= 15 is 0 Å². The lowest BCUT2D eigenvalue weighted by molar-refractivity contribution is -0.133. The molecule has 0 radical (unpaired) electrons. The molecule has 1 saturated heterocycles. The Hall–Kier alpha value is -2.90. The van der Waals surface area contributed by atoms with Crippen LogP contribution in [0.15, 0.2) is 33.5 Å². The number of para-hydroxylation sites is 2. The Morgan fingerprint density at radius 1 is 1.10 bits per heavy atom. The number of carbonyl (C=O) groups is 1. The molecule has 8 nitrogen and oxygen atoms in total. The lowest BCUT2D eigenvalue weighted by atomic mass is 9.97. The Labute approximate surface area is 168 Å². The van der Waals surface area contributed by atoms with Crippen LogP contribution in [0.4, 0.5) is 0 Å². The van der Waals surface area contributed by atoms with E-state index in [4.69, 9.17) is 4.42 Å². The summed E-state index contributed by atoms with van der Waals surface area (Å²) in [4.78, 5) is 31.8. The lowest BCUT2D eigenvalue weighted by Crippen LogP contribution is -2.41. The Morgan fingerprint density at radius 2 is 1.93 bits per heavy atom. The van der Waals surface area contributed by atoms with Crippen LogP contribution < -0.4 is 5.69 Å². The topological polar surface area (TPSA) is 86.2 Å². The number of fused-ring (bicyclic) bond motifs is 2. The molecule has 1 fully saturated rings. The van der Waals surface area contributed by atoms with E-state index in [-0.39, 0.29) is 24.1 Å². The van der Waals surface area contributed by atoms with Gasteiger partial charge in [-0.05, 0) is 37.8 Å². The molecule has 0 unspecified atom stereocenters. The number of piperidine rings is 1. The summed E-state index contributed by atoms with van der Waals surface area (Å²) in [6.45, 7) is 2.01. The van der Waals surface area contributed by atoms with Crippen LogP contribution in [0.2, 0.25) is 0 Å². The standard InChI is InChI=1S/C21H25N5O3/c27-19(14-26-21(28)25-11-5-1-2-8-18(25)23-26)24-12-9-15(10-13-24)20-22-16-6-3-4-7-17(16)29-20/h3-4,6-7,15H,1-2,5,8-14H2. The molecular formula is C21H25N5O3. The van der Waals surface area contributed by atoms with Crippen LogP contribution in [0, 0.1) is 0 Å². The van der Waals surface area contributed by atoms with E-state index in [2.05, 4.69) is 10.1 Å². The van der Waals surface area contributed by atoms with Crippen molar-refractivity contribution in [2.24, 2.45) is 0 Å². The summed E-state index contributed by atoms with van der Waals surface area (Å²) < 4.78 is 8.98. The molecule has 8 heteroatoms. The predicted octanol–water partition coefficient (Wildman–Crippen LogP) is 2.32. The van der Waals surface area contributed by atoms with E-state index < -0.39 is 0 Å². The lowest BCUT2D eigenvalue weighted by Gasteiger charge is -2.30. The minimum absolute atomic E-state index is 0.0202. The van der Waals surface area contributed by atoms with Crippen molar-refractivity contribution in [3.63, 3.8) is 0 Å². The second-order valence-electron chi connectivity index (χ2n) is 7.99. The van der Waals surface area contributed by atoms with Crippen LogP contribution >= 0.6 is 0 Å². The van der Waals surface area contributed by atoms with Gasteiger partial charge in [0.2, 0.25) is 5.91 Å².